The van der Waals surface area contributed by atoms with Gasteiger partial charge in [-0.1, -0.05) is 0 Å². The Balaban J connectivity index is 2.52. The third-order valence-corrected chi connectivity index (χ3v) is 3.25. The molecule has 0 unspecified atom stereocenters. The summed E-state index contributed by atoms with van der Waals surface area (Å²) < 4.78 is 72.7. The Morgan fingerprint density at radius 3 is 2.44 bits per heavy atom. The van der Waals surface area contributed by atoms with E-state index < -0.39 is 40.7 Å². The topological polar surface area (TPSA) is 59.1 Å². The zero-order valence-electron chi connectivity index (χ0n) is 9.04. The molecule has 1 aromatic heterocycles. The van der Waals surface area contributed by atoms with Crippen LogP contribution in [-0.2, 0) is 10.0 Å². The maximum atomic E-state index is 12.4. The minimum Gasteiger partial charge on any atom is -0.282 e. The Bertz CT molecular complexity index is 484. The van der Waals surface area contributed by atoms with E-state index in [4.69, 9.17) is 0 Å². The fourth-order valence-corrected chi connectivity index (χ4v) is 2.24. The van der Waals surface area contributed by atoms with Gasteiger partial charge in [0.05, 0.1) is 17.6 Å². The molecule has 0 bridgehead atoms. The van der Waals surface area contributed by atoms with Crippen LogP contribution >= 0.6 is 0 Å². The van der Waals surface area contributed by atoms with E-state index in [1.807, 2.05) is 4.72 Å². The largest absolute Gasteiger partial charge is 0.389 e. The van der Waals surface area contributed by atoms with Gasteiger partial charge >= 0.3 is 6.18 Å². The van der Waals surface area contributed by atoms with Gasteiger partial charge in [-0.15, -0.1) is 0 Å². The molecule has 0 amide bonds. The van der Waals surface area contributed by atoms with Crippen LogP contribution in [0.4, 0.5) is 23.2 Å². The maximum Gasteiger partial charge on any atom is 0.389 e. The zero-order chi connectivity index (χ0) is 13.8. The second-order valence-electron chi connectivity index (χ2n) is 3.51. The molecule has 0 saturated heterocycles. The van der Waals surface area contributed by atoms with E-state index in [9.17, 15) is 26.0 Å². The molecule has 0 aliphatic heterocycles. The Morgan fingerprint density at radius 1 is 1.28 bits per heavy atom. The van der Waals surface area contributed by atoms with E-state index in [2.05, 4.69) is 4.98 Å². The monoisotopic (exact) mass is 286 g/mol. The lowest BCUT2D eigenvalue weighted by molar-refractivity contribution is -0.134. The lowest BCUT2D eigenvalue weighted by Gasteiger charge is -2.08. The number of anilines is 1. The Labute approximate surface area is 101 Å². The number of nitrogens with one attached hydrogen (secondary N) is 1. The normalized spacial score (nSPS) is 12.4. The Hall–Kier alpha value is -1.38. The second kappa shape index (κ2) is 5.51. The molecule has 102 valence electrons. The van der Waals surface area contributed by atoms with Crippen molar-refractivity contribution in [3.05, 3.63) is 24.3 Å². The van der Waals surface area contributed by atoms with Crippen molar-refractivity contribution in [1.82, 2.24) is 4.98 Å². The van der Waals surface area contributed by atoms with Crippen LogP contribution in [0, 0.1) is 5.95 Å². The minimum absolute atomic E-state index is 0.00316. The molecule has 0 saturated carbocycles. The fraction of sp³-hybridized carbons (Fsp3) is 0.444. The maximum absolute atomic E-state index is 12.4. The van der Waals surface area contributed by atoms with Crippen LogP contribution in [0.5, 0.6) is 0 Å². The first-order valence-corrected chi connectivity index (χ1v) is 6.52. The molecule has 1 heterocycles. The Morgan fingerprint density at radius 2 is 1.94 bits per heavy atom. The third-order valence-electron chi connectivity index (χ3n) is 1.87. The average molecular weight is 286 g/mol. The van der Waals surface area contributed by atoms with Crippen LogP contribution in [0.2, 0.25) is 0 Å². The smallest absolute Gasteiger partial charge is 0.282 e. The van der Waals surface area contributed by atoms with Crippen LogP contribution in [0.1, 0.15) is 12.8 Å². The van der Waals surface area contributed by atoms with E-state index in [-0.39, 0.29) is 5.69 Å². The highest BCUT2D eigenvalue weighted by Gasteiger charge is 2.27. The predicted octanol–water partition coefficient (Wildman–Crippen LogP) is 2.30. The van der Waals surface area contributed by atoms with Gasteiger partial charge in [0, 0.05) is 6.42 Å². The van der Waals surface area contributed by atoms with Gasteiger partial charge in [0.15, 0.2) is 0 Å². The molecule has 1 rings (SSSR count). The molecule has 18 heavy (non-hydrogen) atoms. The van der Waals surface area contributed by atoms with Gasteiger partial charge in [-0.3, -0.25) is 4.72 Å². The average Bonchev–Trinajstić information content (AvgIpc) is 2.18. The molecule has 4 nitrogen and oxygen atoms in total. The SMILES string of the molecule is O=S(=O)(CCCC(F)(F)F)Nc1ccc(F)nc1. The summed E-state index contributed by atoms with van der Waals surface area (Å²) in [6, 6.07) is 2.07. The number of nitrogens with zero attached hydrogens (tertiary/aromatic N) is 1. The summed E-state index contributed by atoms with van der Waals surface area (Å²) in [6.07, 6.45) is -5.15. The number of sulfonamides is 1. The van der Waals surface area contributed by atoms with Crippen molar-refractivity contribution >= 4 is 15.7 Å². The van der Waals surface area contributed by atoms with Gasteiger partial charge in [0.25, 0.3) is 0 Å². The summed E-state index contributed by atoms with van der Waals surface area (Å²) >= 11 is 0. The van der Waals surface area contributed by atoms with Gasteiger partial charge in [0.2, 0.25) is 16.0 Å². The van der Waals surface area contributed by atoms with Crippen LogP contribution in [0.15, 0.2) is 18.3 Å². The summed E-state index contributed by atoms with van der Waals surface area (Å²) in [4.78, 5) is 3.21. The predicted molar refractivity (Wildman–Crippen MR) is 56.9 cm³/mol. The zero-order valence-corrected chi connectivity index (χ0v) is 9.85. The van der Waals surface area contributed by atoms with Crippen molar-refractivity contribution in [2.24, 2.45) is 0 Å². The standard InChI is InChI=1S/C9H10F4N2O2S/c10-8-3-2-7(6-14-8)15-18(16,17)5-1-4-9(11,12)13/h2-3,6,15H,1,4-5H2. The molecule has 1 N–H and O–H groups in total. The molecule has 9 heteroatoms. The molecule has 0 spiro atoms. The molecular weight excluding hydrogens is 276 g/mol. The summed E-state index contributed by atoms with van der Waals surface area (Å²) in [6.45, 7) is 0. The number of rotatable bonds is 5. The molecular formula is C9H10F4N2O2S. The quantitative estimate of drug-likeness (QED) is 0.667. The van der Waals surface area contributed by atoms with E-state index >= 15 is 0 Å². The first kappa shape index (κ1) is 14.7. The van der Waals surface area contributed by atoms with Gasteiger partial charge < -0.3 is 0 Å². The summed E-state index contributed by atoms with van der Waals surface area (Å²) in [5, 5.41) is 0. The van der Waals surface area contributed by atoms with Gasteiger partial charge in [-0.25, -0.2) is 13.4 Å². The number of hydrogen-bond acceptors (Lipinski definition) is 3. The molecule has 0 radical (unpaired) electrons. The fourth-order valence-electron chi connectivity index (χ4n) is 1.13. The first-order chi connectivity index (χ1) is 8.18. The number of alkyl halides is 3. The van der Waals surface area contributed by atoms with E-state index in [0.29, 0.717) is 0 Å². The summed E-state index contributed by atoms with van der Waals surface area (Å²) in [5.74, 6) is -1.45. The molecule has 0 aromatic carbocycles. The highest BCUT2D eigenvalue weighted by atomic mass is 32.2. The number of pyridine rings is 1. The summed E-state index contributed by atoms with van der Waals surface area (Å²) in [5.41, 5.74) is 0.00316. The number of aromatic nitrogens is 1. The van der Waals surface area contributed by atoms with Crippen molar-refractivity contribution in [1.29, 1.82) is 0 Å². The highest BCUT2D eigenvalue weighted by molar-refractivity contribution is 7.92. The lowest BCUT2D eigenvalue weighted by atomic mass is 10.3. The van der Waals surface area contributed by atoms with Crippen molar-refractivity contribution in [3.8, 4) is 0 Å². The van der Waals surface area contributed by atoms with Crippen LogP contribution < -0.4 is 4.72 Å². The molecule has 0 aliphatic rings. The molecule has 0 fully saturated rings. The van der Waals surface area contributed by atoms with Crippen molar-refractivity contribution in [3.63, 3.8) is 0 Å². The van der Waals surface area contributed by atoms with Crippen LogP contribution in [0.25, 0.3) is 0 Å². The van der Waals surface area contributed by atoms with E-state index in [1.165, 1.54) is 0 Å². The number of hydrogen-bond donors (Lipinski definition) is 1. The summed E-state index contributed by atoms with van der Waals surface area (Å²) in [7, 11) is -3.88. The van der Waals surface area contributed by atoms with Crippen LogP contribution in [-0.4, -0.2) is 25.3 Å². The third kappa shape index (κ3) is 5.80. The molecule has 1 aromatic rings. The molecule has 0 atom stereocenters. The lowest BCUT2D eigenvalue weighted by Crippen LogP contribution is -2.19. The molecule has 0 aliphatic carbocycles. The van der Waals surface area contributed by atoms with Crippen molar-refractivity contribution < 1.29 is 26.0 Å². The Kier molecular flexibility index (Phi) is 4.49. The van der Waals surface area contributed by atoms with E-state index in [1.54, 1.807) is 0 Å². The first-order valence-electron chi connectivity index (χ1n) is 4.87. The van der Waals surface area contributed by atoms with Gasteiger partial charge in [-0.2, -0.15) is 17.6 Å². The minimum atomic E-state index is -4.38. The number of halogens is 4. The van der Waals surface area contributed by atoms with Crippen molar-refractivity contribution in [2.75, 3.05) is 10.5 Å². The van der Waals surface area contributed by atoms with E-state index in [0.717, 1.165) is 18.3 Å². The van der Waals surface area contributed by atoms with Crippen molar-refractivity contribution in [2.45, 2.75) is 19.0 Å². The second-order valence-corrected chi connectivity index (χ2v) is 5.35. The van der Waals surface area contributed by atoms with Gasteiger partial charge in [-0.05, 0) is 18.6 Å². The van der Waals surface area contributed by atoms with Crippen LogP contribution in [0.3, 0.4) is 0 Å². The highest BCUT2D eigenvalue weighted by Crippen LogP contribution is 2.21. The van der Waals surface area contributed by atoms with Gasteiger partial charge in [0.1, 0.15) is 0 Å².